The van der Waals surface area contributed by atoms with E-state index in [0.29, 0.717) is 57.7 Å². The number of hydrogen-bond donors (Lipinski definition) is 0. The number of pyridine rings is 2. The van der Waals surface area contributed by atoms with Crippen molar-refractivity contribution in [3.05, 3.63) is 50.1 Å². The number of thioether (sulfide) groups is 2. The second kappa shape index (κ2) is 12.9. The van der Waals surface area contributed by atoms with Crippen LogP contribution in [0.15, 0.2) is 44.2 Å². The minimum Gasteiger partial charge on any atom is -0.477 e. The second-order valence-electron chi connectivity index (χ2n) is 11.6. The smallest absolute Gasteiger partial charge is 0.252 e. The molecular formula is C28H37ClN6O3S2. The Morgan fingerprint density at radius 1 is 0.750 bits per heavy atom. The average molecular weight is 605 g/mol. The standard InChI is InChI=1S/C15H21N3O2S.C13H16ClN3OS/c1-6-20-13-10-7-8-11(19)18(9-15(2,3)4)12(10)16-14(17-13)21-5;1-13(2,3)7-17-9(18)6-5-8-10(14)15-12(19-4)16-11(8)17/h7-8H,6,9H2,1-5H3;5-6H,7H2,1-4H3. The predicted octanol–water partition coefficient (Wildman–Crippen LogP) is 6.17. The van der Waals surface area contributed by atoms with E-state index < -0.39 is 0 Å². The summed E-state index contributed by atoms with van der Waals surface area (Å²) in [5.74, 6) is 0.537. The first-order valence-corrected chi connectivity index (χ1v) is 15.7. The van der Waals surface area contributed by atoms with Gasteiger partial charge in [-0.2, -0.15) is 4.98 Å². The molecule has 0 aliphatic heterocycles. The van der Waals surface area contributed by atoms with E-state index >= 15 is 0 Å². The molecule has 0 unspecified atom stereocenters. The molecule has 4 aromatic heterocycles. The minimum atomic E-state index is -0.0655. The van der Waals surface area contributed by atoms with E-state index in [9.17, 15) is 9.59 Å². The van der Waals surface area contributed by atoms with Gasteiger partial charge < -0.3 is 4.74 Å². The SMILES string of the molecule is CCOc1nc(SC)nc2c1ccc(=O)n2CC(C)(C)C.CSc1nc(Cl)c2ccc(=O)n(CC(C)(C)C)c2n1. The number of ether oxygens (including phenoxy) is 1. The van der Waals surface area contributed by atoms with Gasteiger partial charge in [-0.15, -0.1) is 0 Å². The molecule has 9 nitrogen and oxygen atoms in total. The number of nitrogens with zero attached hydrogens (tertiary/aromatic N) is 6. The summed E-state index contributed by atoms with van der Waals surface area (Å²) in [4.78, 5) is 41.8. The summed E-state index contributed by atoms with van der Waals surface area (Å²) >= 11 is 9.00. The zero-order valence-corrected chi connectivity index (χ0v) is 26.9. The van der Waals surface area contributed by atoms with Crippen molar-refractivity contribution in [1.82, 2.24) is 29.1 Å². The van der Waals surface area contributed by atoms with Gasteiger partial charge in [0.1, 0.15) is 10.8 Å². The molecule has 0 amide bonds. The fourth-order valence-corrected chi connectivity index (χ4v) is 4.90. The van der Waals surface area contributed by atoms with E-state index in [-0.39, 0.29) is 21.9 Å². The molecule has 216 valence electrons. The van der Waals surface area contributed by atoms with E-state index in [4.69, 9.17) is 16.3 Å². The Kier molecular flexibility index (Phi) is 10.3. The molecule has 0 aromatic carbocycles. The maximum absolute atomic E-state index is 12.2. The molecule has 40 heavy (non-hydrogen) atoms. The summed E-state index contributed by atoms with van der Waals surface area (Å²) in [7, 11) is 0. The normalized spacial score (nSPS) is 11.9. The van der Waals surface area contributed by atoms with Crippen LogP contribution in [-0.4, -0.2) is 48.2 Å². The van der Waals surface area contributed by atoms with Crippen molar-refractivity contribution in [3.63, 3.8) is 0 Å². The Hall–Kier alpha value is -2.63. The minimum absolute atomic E-state index is 0.0188. The monoisotopic (exact) mass is 604 g/mol. The molecule has 0 spiro atoms. The first-order chi connectivity index (χ1) is 18.7. The third-order valence-electron chi connectivity index (χ3n) is 5.47. The van der Waals surface area contributed by atoms with Crippen LogP contribution < -0.4 is 15.9 Å². The summed E-state index contributed by atoms with van der Waals surface area (Å²) in [5.41, 5.74) is 1.09. The van der Waals surface area contributed by atoms with Crippen LogP contribution >= 0.6 is 35.1 Å². The number of hydrogen-bond acceptors (Lipinski definition) is 9. The molecular weight excluding hydrogens is 568 g/mol. The molecule has 4 aromatic rings. The Morgan fingerprint density at radius 3 is 1.65 bits per heavy atom. The van der Waals surface area contributed by atoms with Gasteiger partial charge in [0.2, 0.25) is 5.88 Å². The molecule has 0 N–H and O–H groups in total. The van der Waals surface area contributed by atoms with Crippen LogP contribution in [0.2, 0.25) is 5.15 Å². The molecule has 0 saturated carbocycles. The zero-order valence-electron chi connectivity index (χ0n) is 24.5. The molecule has 4 rings (SSSR count). The fourth-order valence-electron chi connectivity index (χ4n) is 3.91. The van der Waals surface area contributed by atoms with E-state index in [1.165, 1.54) is 29.6 Å². The lowest BCUT2D eigenvalue weighted by atomic mass is 9.96. The molecule has 0 saturated heterocycles. The number of fused-ring (bicyclic) bond motifs is 2. The van der Waals surface area contributed by atoms with Gasteiger partial charge in [0.25, 0.3) is 11.1 Å². The highest BCUT2D eigenvalue weighted by Crippen LogP contribution is 2.27. The van der Waals surface area contributed by atoms with Gasteiger partial charge in [0.05, 0.1) is 17.4 Å². The van der Waals surface area contributed by atoms with Gasteiger partial charge in [-0.25, -0.2) is 15.0 Å². The average Bonchev–Trinajstić information content (AvgIpc) is 2.86. The van der Waals surface area contributed by atoms with Crippen LogP contribution in [0.4, 0.5) is 0 Å². The Morgan fingerprint density at radius 2 is 1.20 bits per heavy atom. The van der Waals surface area contributed by atoms with E-state index in [0.717, 1.165) is 5.39 Å². The van der Waals surface area contributed by atoms with E-state index in [1.807, 2.05) is 19.4 Å². The third-order valence-corrected chi connectivity index (χ3v) is 6.85. The highest BCUT2D eigenvalue weighted by atomic mass is 35.5. The Balaban J connectivity index is 0.000000222. The van der Waals surface area contributed by atoms with Crippen molar-refractivity contribution >= 4 is 57.2 Å². The van der Waals surface area contributed by atoms with Crippen molar-refractivity contribution in [2.75, 3.05) is 19.1 Å². The molecule has 12 heteroatoms. The molecule has 0 atom stereocenters. The summed E-state index contributed by atoms with van der Waals surface area (Å²) in [6.45, 7) is 16.2. The van der Waals surface area contributed by atoms with Gasteiger partial charge in [-0.1, -0.05) is 76.7 Å². The summed E-state index contributed by atoms with van der Waals surface area (Å²) < 4.78 is 8.98. The van der Waals surface area contributed by atoms with E-state index in [1.54, 1.807) is 27.3 Å². The van der Waals surface area contributed by atoms with Gasteiger partial charge in [-0.05, 0) is 42.4 Å². The summed E-state index contributed by atoms with van der Waals surface area (Å²) in [5, 5.41) is 3.06. The molecule has 0 aliphatic carbocycles. The van der Waals surface area contributed by atoms with Crippen molar-refractivity contribution in [3.8, 4) is 5.88 Å². The number of halogens is 1. The topological polar surface area (TPSA) is 105 Å². The molecule has 0 fully saturated rings. The number of rotatable bonds is 6. The maximum atomic E-state index is 12.2. The largest absolute Gasteiger partial charge is 0.477 e. The van der Waals surface area contributed by atoms with Crippen molar-refractivity contribution in [2.24, 2.45) is 10.8 Å². The van der Waals surface area contributed by atoms with Gasteiger partial charge >= 0.3 is 0 Å². The van der Waals surface area contributed by atoms with Gasteiger partial charge in [0.15, 0.2) is 16.0 Å². The highest BCUT2D eigenvalue weighted by molar-refractivity contribution is 7.98. The first kappa shape index (κ1) is 31.9. The highest BCUT2D eigenvalue weighted by Gasteiger charge is 2.19. The summed E-state index contributed by atoms with van der Waals surface area (Å²) in [6.07, 6.45) is 3.79. The van der Waals surface area contributed by atoms with Crippen LogP contribution in [0.3, 0.4) is 0 Å². The first-order valence-electron chi connectivity index (χ1n) is 12.9. The van der Waals surface area contributed by atoms with Gasteiger partial charge in [0, 0.05) is 25.2 Å². The molecule has 0 aliphatic rings. The van der Waals surface area contributed by atoms with Crippen LogP contribution in [0.1, 0.15) is 48.5 Å². The van der Waals surface area contributed by atoms with Gasteiger partial charge in [-0.3, -0.25) is 18.7 Å². The summed E-state index contributed by atoms with van der Waals surface area (Å²) in [6, 6.07) is 6.50. The Bertz CT molecular complexity index is 1620. The van der Waals surface area contributed by atoms with Crippen molar-refractivity contribution in [2.45, 2.75) is 71.9 Å². The molecule has 0 radical (unpaired) electrons. The lowest BCUT2D eigenvalue weighted by molar-refractivity contribution is 0.325. The predicted molar refractivity (Wildman–Crippen MR) is 166 cm³/mol. The second-order valence-corrected chi connectivity index (χ2v) is 13.5. The quantitative estimate of drug-likeness (QED) is 0.145. The van der Waals surface area contributed by atoms with Crippen LogP contribution in [0, 0.1) is 10.8 Å². The van der Waals surface area contributed by atoms with E-state index in [2.05, 4.69) is 61.5 Å². The Labute approximate surface area is 248 Å². The molecule has 0 bridgehead atoms. The van der Waals surface area contributed by atoms with Crippen LogP contribution in [-0.2, 0) is 13.1 Å². The lowest BCUT2D eigenvalue weighted by Crippen LogP contribution is -2.27. The lowest BCUT2D eigenvalue weighted by Gasteiger charge is -2.21. The van der Waals surface area contributed by atoms with Crippen molar-refractivity contribution < 1.29 is 4.74 Å². The fraction of sp³-hybridized carbons (Fsp3) is 0.500. The van der Waals surface area contributed by atoms with Crippen molar-refractivity contribution in [1.29, 1.82) is 0 Å². The molecule has 4 heterocycles. The maximum Gasteiger partial charge on any atom is 0.252 e. The van der Waals surface area contributed by atoms with Crippen LogP contribution in [0.5, 0.6) is 5.88 Å². The third kappa shape index (κ3) is 7.98. The van der Waals surface area contributed by atoms with Crippen LogP contribution in [0.25, 0.3) is 22.1 Å². The number of aromatic nitrogens is 6. The zero-order chi connectivity index (χ0) is 29.8.